The van der Waals surface area contributed by atoms with Crippen LogP contribution in [0, 0.1) is 5.82 Å². The molecule has 1 heterocycles. The molecule has 2 rings (SSSR count). The van der Waals surface area contributed by atoms with Crippen molar-refractivity contribution in [3.8, 4) is 0 Å². The first-order chi connectivity index (χ1) is 9.18. The molecule has 0 bridgehead atoms. The molecular formula is C14H18BrFN2O. The number of hydrogen-bond acceptors (Lipinski definition) is 2. The Balaban J connectivity index is 1.82. The molecule has 0 unspecified atom stereocenters. The maximum absolute atomic E-state index is 13.7. The van der Waals surface area contributed by atoms with Crippen LogP contribution < -0.4 is 5.32 Å². The lowest BCUT2D eigenvalue weighted by Crippen LogP contribution is -2.37. The van der Waals surface area contributed by atoms with Crippen molar-refractivity contribution >= 4 is 21.8 Å². The van der Waals surface area contributed by atoms with Crippen molar-refractivity contribution in [3.05, 3.63) is 34.1 Å². The molecule has 1 amide bonds. The normalized spacial score (nSPS) is 16.3. The van der Waals surface area contributed by atoms with Crippen LogP contribution in [0.5, 0.6) is 0 Å². The van der Waals surface area contributed by atoms with Gasteiger partial charge in [0, 0.05) is 13.1 Å². The molecule has 0 spiro atoms. The molecule has 0 aliphatic carbocycles. The Morgan fingerprint density at radius 1 is 1.32 bits per heavy atom. The molecule has 3 nitrogen and oxygen atoms in total. The number of piperidine rings is 1. The third kappa shape index (κ3) is 4.01. The molecule has 0 saturated carbocycles. The number of halogens is 2. The molecule has 0 atom stereocenters. The SMILES string of the molecule is O=C(NCCN1CCCCC1)c1cccc(Br)c1F. The van der Waals surface area contributed by atoms with Gasteiger partial charge in [-0.05, 0) is 54.0 Å². The van der Waals surface area contributed by atoms with Gasteiger partial charge in [-0.1, -0.05) is 12.5 Å². The Labute approximate surface area is 121 Å². The van der Waals surface area contributed by atoms with Crippen molar-refractivity contribution < 1.29 is 9.18 Å². The van der Waals surface area contributed by atoms with Gasteiger partial charge in [0.15, 0.2) is 0 Å². The number of carbonyl (C=O) groups is 1. The Morgan fingerprint density at radius 3 is 2.79 bits per heavy atom. The fourth-order valence-electron chi connectivity index (χ4n) is 2.28. The standard InChI is InChI=1S/C14H18BrFN2O/c15-12-6-4-5-11(13(12)16)14(19)17-7-10-18-8-2-1-3-9-18/h4-6H,1-3,7-10H2,(H,17,19). The Bertz CT molecular complexity index is 447. The highest BCUT2D eigenvalue weighted by molar-refractivity contribution is 9.10. The first kappa shape index (κ1) is 14.5. The van der Waals surface area contributed by atoms with Crippen molar-refractivity contribution in [1.82, 2.24) is 10.2 Å². The summed E-state index contributed by atoms with van der Waals surface area (Å²) in [6.45, 7) is 3.59. The lowest BCUT2D eigenvalue weighted by Gasteiger charge is -2.26. The Morgan fingerprint density at radius 2 is 2.05 bits per heavy atom. The van der Waals surface area contributed by atoms with E-state index < -0.39 is 5.82 Å². The van der Waals surface area contributed by atoms with Crippen LogP contribution in [0.2, 0.25) is 0 Å². The molecule has 1 fully saturated rings. The largest absolute Gasteiger partial charge is 0.351 e. The van der Waals surface area contributed by atoms with Gasteiger partial charge in [-0.25, -0.2) is 4.39 Å². The third-order valence-corrected chi connectivity index (χ3v) is 3.97. The molecule has 5 heteroatoms. The fourth-order valence-corrected chi connectivity index (χ4v) is 2.65. The number of benzene rings is 1. The van der Waals surface area contributed by atoms with Gasteiger partial charge in [0.05, 0.1) is 10.0 Å². The van der Waals surface area contributed by atoms with E-state index in [1.807, 2.05) is 0 Å². The molecule has 0 radical (unpaired) electrons. The first-order valence-electron chi connectivity index (χ1n) is 6.63. The van der Waals surface area contributed by atoms with Crippen molar-refractivity contribution in [1.29, 1.82) is 0 Å². The molecule has 1 aliphatic rings. The molecule has 104 valence electrons. The summed E-state index contributed by atoms with van der Waals surface area (Å²) in [5.74, 6) is -0.853. The zero-order valence-corrected chi connectivity index (χ0v) is 12.4. The van der Waals surface area contributed by atoms with E-state index in [1.165, 1.54) is 25.3 Å². The van der Waals surface area contributed by atoms with Crippen LogP contribution in [0.4, 0.5) is 4.39 Å². The van der Waals surface area contributed by atoms with Crippen LogP contribution in [-0.2, 0) is 0 Å². The number of amides is 1. The maximum atomic E-state index is 13.7. The minimum Gasteiger partial charge on any atom is -0.351 e. The van der Waals surface area contributed by atoms with Crippen LogP contribution in [0.15, 0.2) is 22.7 Å². The lowest BCUT2D eigenvalue weighted by molar-refractivity contribution is 0.0942. The van der Waals surface area contributed by atoms with Gasteiger partial charge >= 0.3 is 0 Å². The van der Waals surface area contributed by atoms with Crippen LogP contribution in [0.1, 0.15) is 29.6 Å². The van der Waals surface area contributed by atoms with Crippen LogP contribution >= 0.6 is 15.9 Å². The molecule has 1 aromatic rings. The highest BCUT2D eigenvalue weighted by Gasteiger charge is 2.14. The Hall–Kier alpha value is -0.940. The highest BCUT2D eigenvalue weighted by atomic mass is 79.9. The van der Waals surface area contributed by atoms with Gasteiger partial charge in [0.25, 0.3) is 5.91 Å². The predicted molar refractivity (Wildman–Crippen MR) is 76.7 cm³/mol. The van der Waals surface area contributed by atoms with E-state index in [-0.39, 0.29) is 11.5 Å². The number of likely N-dealkylation sites (tertiary alicyclic amines) is 1. The van der Waals surface area contributed by atoms with Gasteiger partial charge in [-0.3, -0.25) is 4.79 Å². The average Bonchev–Trinajstić information content (AvgIpc) is 2.43. The predicted octanol–water partition coefficient (Wildman–Crippen LogP) is 2.80. The number of nitrogens with one attached hydrogen (secondary N) is 1. The summed E-state index contributed by atoms with van der Waals surface area (Å²) in [7, 11) is 0. The molecule has 1 saturated heterocycles. The van der Waals surface area contributed by atoms with E-state index in [0.29, 0.717) is 11.0 Å². The number of nitrogens with zero attached hydrogens (tertiary/aromatic N) is 1. The van der Waals surface area contributed by atoms with E-state index in [2.05, 4.69) is 26.1 Å². The van der Waals surface area contributed by atoms with Gasteiger partial charge in [-0.15, -0.1) is 0 Å². The molecule has 19 heavy (non-hydrogen) atoms. The zero-order valence-electron chi connectivity index (χ0n) is 10.8. The number of hydrogen-bond donors (Lipinski definition) is 1. The highest BCUT2D eigenvalue weighted by Crippen LogP contribution is 2.18. The van der Waals surface area contributed by atoms with E-state index in [9.17, 15) is 9.18 Å². The molecule has 1 N–H and O–H groups in total. The minimum absolute atomic E-state index is 0.0908. The van der Waals surface area contributed by atoms with E-state index >= 15 is 0 Å². The summed E-state index contributed by atoms with van der Waals surface area (Å²) < 4.78 is 14.0. The molecular weight excluding hydrogens is 311 g/mol. The second-order valence-corrected chi connectivity index (χ2v) is 5.61. The summed E-state index contributed by atoms with van der Waals surface area (Å²) in [5, 5.41) is 2.77. The van der Waals surface area contributed by atoms with Gasteiger partial charge in [0.1, 0.15) is 5.82 Å². The van der Waals surface area contributed by atoms with Crippen LogP contribution in [-0.4, -0.2) is 37.0 Å². The lowest BCUT2D eigenvalue weighted by atomic mass is 10.1. The molecule has 0 aromatic heterocycles. The molecule has 1 aromatic carbocycles. The second-order valence-electron chi connectivity index (χ2n) is 4.76. The van der Waals surface area contributed by atoms with Gasteiger partial charge in [0.2, 0.25) is 0 Å². The second kappa shape index (κ2) is 7.01. The zero-order chi connectivity index (χ0) is 13.7. The maximum Gasteiger partial charge on any atom is 0.254 e. The first-order valence-corrected chi connectivity index (χ1v) is 7.42. The summed E-state index contributed by atoms with van der Waals surface area (Å²) in [5.41, 5.74) is 0.0908. The van der Waals surface area contributed by atoms with Crippen molar-refractivity contribution in [2.75, 3.05) is 26.2 Å². The van der Waals surface area contributed by atoms with E-state index in [1.54, 1.807) is 12.1 Å². The summed E-state index contributed by atoms with van der Waals surface area (Å²) in [6.07, 6.45) is 3.76. The smallest absolute Gasteiger partial charge is 0.254 e. The van der Waals surface area contributed by atoms with Crippen molar-refractivity contribution in [3.63, 3.8) is 0 Å². The summed E-state index contributed by atoms with van der Waals surface area (Å²) >= 11 is 3.08. The van der Waals surface area contributed by atoms with E-state index in [0.717, 1.165) is 19.6 Å². The van der Waals surface area contributed by atoms with Gasteiger partial charge < -0.3 is 10.2 Å². The van der Waals surface area contributed by atoms with Crippen LogP contribution in [0.3, 0.4) is 0 Å². The number of rotatable bonds is 4. The summed E-state index contributed by atoms with van der Waals surface area (Å²) in [6, 6.07) is 4.74. The fraction of sp³-hybridized carbons (Fsp3) is 0.500. The average molecular weight is 329 g/mol. The quantitative estimate of drug-likeness (QED) is 0.921. The van der Waals surface area contributed by atoms with E-state index in [4.69, 9.17) is 0 Å². The molecule has 1 aliphatic heterocycles. The Kier molecular flexibility index (Phi) is 5.34. The third-order valence-electron chi connectivity index (χ3n) is 3.36. The van der Waals surface area contributed by atoms with Crippen molar-refractivity contribution in [2.24, 2.45) is 0 Å². The van der Waals surface area contributed by atoms with Crippen LogP contribution in [0.25, 0.3) is 0 Å². The number of carbonyl (C=O) groups excluding carboxylic acids is 1. The van der Waals surface area contributed by atoms with Crippen molar-refractivity contribution in [2.45, 2.75) is 19.3 Å². The topological polar surface area (TPSA) is 32.3 Å². The summed E-state index contributed by atoms with van der Waals surface area (Å²) in [4.78, 5) is 14.2. The van der Waals surface area contributed by atoms with Gasteiger partial charge in [-0.2, -0.15) is 0 Å². The monoisotopic (exact) mass is 328 g/mol. The minimum atomic E-state index is -0.502.